The molecule has 0 saturated heterocycles. The summed E-state index contributed by atoms with van der Waals surface area (Å²) in [5, 5.41) is 0. The average molecular weight is 271 g/mol. The van der Waals surface area contributed by atoms with Gasteiger partial charge in [0.05, 0.1) is 7.11 Å². The van der Waals surface area contributed by atoms with Crippen molar-refractivity contribution >= 4 is 0 Å². The molecule has 20 heavy (non-hydrogen) atoms. The van der Waals surface area contributed by atoms with Crippen LogP contribution >= 0.6 is 0 Å². The van der Waals surface area contributed by atoms with E-state index >= 15 is 0 Å². The summed E-state index contributed by atoms with van der Waals surface area (Å²) < 4.78 is 11.2. The molecule has 0 fully saturated rings. The summed E-state index contributed by atoms with van der Waals surface area (Å²) in [6, 6.07) is 12.2. The largest absolute Gasteiger partial charge is 0.493 e. The van der Waals surface area contributed by atoms with E-state index in [1.807, 2.05) is 18.2 Å². The van der Waals surface area contributed by atoms with Gasteiger partial charge in [0.1, 0.15) is 6.61 Å². The Kier molecular flexibility index (Phi) is 4.64. The van der Waals surface area contributed by atoms with E-state index in [2.05, 4.69) is 32.0 Å². The molecule has 2 rings (SSSR count). The van der Waals surface area contributed by atoms with Crippen LogP contribution in [0.2, 0.25) is 0 Å². The van der Waals surface area contributed by atoms with Gasteiger partial charge in [-0.15, -0.1) is 0 Å². The van der Waals surface area contributed by atoms with Gasteiger partial charge in [-0.25, -0.2) is 0 Å². The summed E-state index contributed by atoms with van der Waals surface area (Å²) in [5.74, 6) is 1.46. The van der Waals surface area contributed by atoms with Crippen LogP contribution in [0, 0.1) is 13.8 Å². The molecule has 106 valence electrons. The number of aryl methyl sites for hydroxylation is 2. The van der Waals surface area contributed by atoms with Crippen LogP contribution in [-0.4, -0.2) is 7.11 Å². The van der Waals surface area contributed by atoms with E-state index in [-0.39, 0.29) is 0 Å². The van der Waals surface area contributed by atoms with Crippen LogP contribution in [0.4, 0.5) is 0 Å². The minimum Gasteiger partial charge on any atom is -0.493 e. The van der Waals surface area contributed by atoms with Crippen LogP contribution in [0.25, 0.3) is 0 Å². The van der Waals surface area contributed by atoms with Crippen molar-refractivity contribution in [3.8, 4) is 11.5 Å². The summed E-state index contributed by atoms with van der Waals surface area (Å²) >= 11 is 0. The number of methoxy groups -OCH3 is 1. The predicted molar refractivity (Wildman–Crippen MR) is 81.1 cm³/mol. The maximum Gasteiger partial charge on any atom is 0.161 e. The fourth-order valence-electron chi connectivity index (χ4n) is 2.27. The van der Waals surface area contributed by atoms with Crippen LogP contribution in [0.1, 0.15) is 22.3 Å². The Bertz CT molecular complexity index is 573. The SMILES string of the molecule is COc1ccc(CN)cc1OCc1cc(C)cc(C)c1. The Morgan fingerprint density at radius 1 is 0.900 bits per heavy atom. The van der Waals surface area contributed by atoms with Crippen molar-refractivity contribution in [1.29, 1.82) is 0 Å². The normalized spacial score (nSPS) is 10.4. The highest BCUT2D eigenvalue weighted by Crippen LogP contribution is 2.28. The van der Waals surface area contributed by atoms with Gasteiger partial charge in [0.15, 0.2) is 11.5 Å². The Morgan fingerprint density at radius 3 is 2.20 bits per heavy atom. The Morgan fingerprint density at radius 2 is 1.60 bits per heavy atom. The molecule has 2 N–H and O–H groups in total. The molecule has 3 heteroatoms. The third kappa shape index (κ3) is 3.52. The highest BCUT2D eigenvalue weighted by molar-refractivity contribution is 5.43. The monoisotopic (exact) mass is 271 g/mol. The van der Waals surface area contributed by atoms with E-state index in [4.69, 9.17) is 15.2 Å². The van der Waals surface area contributed by atoms with Gasteiger partial charge in [0.25, 0.3) is 0 Å². The van der Waals surface area contributed by atoms with Gasteiger partial charge in [-0.2, -0.15) is 0 Å². The lowest BCUT2D eigenvalue weighted by Gasteiger charge is -2.12. The molecule has 0 heterocycles. The van der Waals surface area contributed by atoms with Crippen LogP contribution in [0.15, 0.2) is 36.4 Å². The molecule has 0 radical (unpaired) electrons. The van der Waals surface area contributed by atoms with E-state index < -0.39 is 0 Å². The number of rotatable bonds is 5. The molecule has 0 aliphatic rings. The molecule has 2 aromatic carbocycles. The van der Waals surface area contributed by atoms with Crippen LogP contribution in [0.5, 0.6) is 11.5 Å². The molecule has 0 aliphatic heterocycles. The minimum absolute atomic E-state index is 0.490. The first-order chi connectivity index (χ1) is 9.62. The second-order valence-corrected chi connectivity index (χ2v) is 4.97. The Labute approximate surface area is 120 Å². The van der Waals surface area contributed by atoms with Crippen LogP contribution in [-0.2, 0) is 13.2 Å². The first-order valence-corrected chi connectivity index (χ1v) is 6.69. The Hall–Kier alpha value is -2.00. The standard InChI is InChI=1S/C17H21NO2/c1-12-6-13(2)8-15(7-12)11-20-17-9-14(10-18)4-5-16(17)19-3/h4-9H,10-11,18H2,1-3H3. The van der Waals surface area contributed by atoms with Crippen LogP contribution in [0.3, 0.4) is 0 Å². The van der Waals surface area contributed by atoms with E-state index in [1.165, 1.54) is 11.1 Å². The number of nitrogens with two attached hydrogens (primary N) is 1. The van der Waals surface area contributed by atoms with Gasteiger partial charge < -0.3 is 15.2 Å². The molecule has 0 unspecified atom stereocenters. The molecule has 2 aromatic rings. The summed E-state index contributed by atoms with van der Waals surface area (Å²) in [6.45, 7) is 5.19. The highest BCUT2D eigenvalue weighted by Gasteiger charge is 2.06. The molecule has 0 atom stereocenters. The van der Waals surface area contributed by atoms with E-state index in [1.54, 1.807) is 7.11 Å². The Balaban J connectivity index is 2.17. The lowest BCUT2D eigenvalue weighted by Crippen LogP contribution is -2.01. The van der Waals surface area contributed by atoms with Gasteiger partial charge in [-0.05, 0) is 37.1 Å². The first-order valence-electron chi connectivity index (χ1n) is 6.69. The molecule has 0 aliphatic carbocycles. The average Bonchev–Trinajstić information content (AvgIpc) is 2.43. The van der Waals surface area contributed by atoms with E-state index in [0.717, 1.165) is 22.6 Å². The zero-order valence-electron chi connectivity index (χ0n) is 12.3. The number of hydrogen-bond acceptors (Lipinski definition) is 3. The maximum absolute atomic E-state index is 5.89. The van der Waals surface area contributed by atoms with Crippen molar-refractivity contribution < 1.29 is 9.47 Å². The zero-order valence-corrected chi connectivity index (χ0v) is 12.3. The third-order valence-corrected chi connectivity index (χ3v) is 3.14. The smallest absolute Gasteiger partial charge is 0.161 e. The first kappa shape index (κ1) is 14.4. The number of ether oxygens (including phenoxy) is 2. The van der Waals surface area contributed by atoms with Gasteiger partial charge in [-0.1, -0.05) is 35.4 Å². The number of benzene rings is 2. The topological polar surface area (TPSA) is 44.5 Å². The summed E-state index contributed by atoms with van der Waals surface area (Å²) in [6.07, 6.45) is 0. The second-order valence-electron chi connectivity index (χ2n) is 4.97. The highest BCUT2D eigenvalue weighted by atomic mass is 16.5. The molecular weight excluding hydrogens is 250 g/mol. The van der Waals surface area contributed by atoms with E-state index in [9.17, 15) is 0 Å². The van der Waals surface area contributed by atoms with Crippen molar-refractivity contribution in [3.05, 3.63) is 58.7 Å². The molecule has 0 bridgehead atoms. The molecule has 0 saturated carbocycles. The van der Waals surface area contributed by atoms with Crippen molar-refractivity contribution in [2.75, 3.05) is 7.11 Å². The maximum atomic E-state index is 5.89. The van der Waals surface area contributed by atoms with Gasteiger partial charge in [0, 0.05) is 6.54 Å². The van der Waals surface area contributed by atoms with E-state index in [0.29, 0.717) is 13.2 Å². The second kappa shape index (κ2) is 6.44. The summed E-state index contributed by atoms with van der Waals surface area (Å²) in [7, 11) is 1.64. The lowest BCUT2D eigenvalue weighted by molar-refractivity contribution is 0.284. The zero-order chi connectivity index (χ0) is 14.5. The predicted octanol–water partition coefficient (Wildman–Crippen LogP) is 3.35. The van der Waals surface area contributed by atoms with Crippen LogP contribution < -0.4 is 15.2 Å². The van der Waals surface area contributed by atoms with Crippen molar-refractivity contribution in [1.82, 2.24) is 0 Å². The lowest BCUT2D eigenvalue weighted by atomic mass is 10.1. The fraction of sp³-hybridized carbons (Fsp3) is 0.294. The quantitative estimate of drug-likeness (QED) is 0.907. The molecular formula is C17H21NO2. The molecule has 0 aromatic heterocycles. The molecule has 0 amide bonds. The third-order valence-electron chi connectivity index (χ3n) is 3.14. The summed E-state index contributed by atoms with van der Waals surface area (Å²) in [5.41, 5.74) is 10.3. The van der Waals surface area contributed by atoms with Gasteiger partial charge in [-0.3, -0.25) is 0 Å². The minimum atomic E-state index is 0.490. The molecule has 3 nitrogen and oxygen atoms in total. The number of hydrogen-bond donors (Lipinski definition) is 1. The van der Waals surface area contributed by atoms with Gasteiger partial charge in [0.2, 0.25) is 0 Å². The van der Waals surface area contributed by atoms with Gasteiger partial charge >= 0.3 is 0 Å². The van der Waals surface area contributed by atoms with Crippen molar-refractivity contribution in [3.63, 3.8) is 0 Å². The fourth-order valence-corrected chi connectivity index (χ4v) is 2.27. The van der Waals surface area contributed by atoms with Crippen molar-refractivity contribution in [2.24, 2.45) is 5.73 Å². The molecule has 0 spiro atoms. The van der Waals surface area contributed by atoms with Crippen molar-refractivity contribution in [2.45, 2.75) is 27.0 Å². The summed E-state index contributed by atoms with van der Waals surface area (Å²) in [4.78, 5) is 0.